The lowest BCUT2D eigenvalue weighted by atomic mass is 9.99. The number of amides is 1. The fourth-order valence-electron chi connectivity index (χ4n) is 2.56. The molecule has 2 heterocycles. The van der Waals surface area contributed by atoms with Crippen LogP contribution in [0.2, 0.25) is 0 Å². The summed E-state index contributed by atoms with van der Waals surface area (Å²) >= 11 is 0. The highest BCUT2D eigenvalue weighted by Crippen LogP contribution is 2.20. The summed E-state index contributed by atoms with van der Waals surface area (Å²) in [7, 11) is 0. The predicted octanol–water partition coefficient (Wildman–Crippen LogP) is 0.896. The first-order chi connectivity index (χ1) is 10.9. The zero-order chi connectivity index (χ0) is 17.0. The molecule has 7 heteroatoms. The summed E-state index contributed by atoms with van der Waals surface area (Å²) in [5.41, 5.74) is 4.54. The van der Waals surface area contributed by atoms with Crippen molar-refractivity contribution in [3.63, 3.8) is 0 Å². The molecule has 2 N–H and O–H groups in total. The molecular weight excluding hydrogens is 298 g/mol. The van der Waals surface area contributed by atoms with Gasteiger partial charge in [-0.1, -0.05) is 11.6 Å². The number of nitrogens with zero attached hydrogens (tertiary/aromatic N) is 2. The van der Waals surface area contributed by atoms with Crippen LogP contribution < -0.4 is 11.0 Å². The molecule has 1 aliphatic rings. The first-order valence-corrected chi connectivity index (χ1v) is 7.58. The minimum absolute atomic E-state index is 0.0931. The normalized spacial score (nSPS) is 15.2. The average molecular weight is 319 g/mol. The number of aromatic nitrogens is 1. The molecule has 124 valence electrons. The van der Waals surface area contributed by atoms with Crippen molar-refractivity contribution >= 4 is 11.9 Å². The van der Waals surface area contributed by atoms with Crippen LogP contribution in [0.1, 0.15) is 32.3 Å². The van der Waals surface area contributed by atoms with E-state index in [1.54, 1.807) is 29.8 Å². The van der Waals surface area contributed by atoms with Crippen LogP contribution in [0.3, 0.4) is 0 Å². The van der Waals surface area contributed by atoms with Crippen molar-refractivity contribution in [1.29, 1.82) is 0 Å². The zero-order valence-electron chi connectivity index (χ0n) is 13.3. The molecule has 0 unspecified atom stereocenters. The van der Waals surface area contributed by atoms with E-state index in [-0.39, 0.29) is 24.4 Å². The molecular formula is C16H21N3O4. The third-order valence-corrected chi connectivity index (χ3v) is 3.96. The van der Waals surface area contributed by atoms with Crippen molar-refractivity contribution in [1.82, 2.24) is 15.0 Å². The fourth-order valence-corrected chi connectivity index (χ4v) is 2.56. The number of hydrazine groups is 1. The summed E-state index contributed by atoms with van der Waals surface area (Å²) in [6.45, 7) is 4.94. The number of aryl methyl sites for hydroxylation is 1. The second-order valence-corrected chi connectivity index (χ2v) is 5.50. The quantitative estimate of drug-likeness (QED) is 0.813. The number of rotatable bonds is 6. The fraction of sp³-hybridized carbons (Fsp3) is 0.438. The highest BCUT2D eigenvalue weighted by atomic mass is 16.4. The molecule has 1 aromatic heterocycles. The zero-order valence-corrected chi connectivity index (χ0v) is 13.3. The Labute approximate surface area is 134 Å². The molecule has 0 saturated heterocycles. The van der Waals surface area contributed by atoms with E-state index in [0.717, 1.165) is 5.57 Å². The van der Waals surface area contributed by atoms with Gasteiger partial charge in [0.1, 0.15) is 0 Å². The maximum Gasteiger partial charge on any atom is 0.308 e. The van der Waals surface area contributed by atoms with Crippen LogP contribution in [-0.2, 0) is 22.7 Å². The molecule has 1 aliphatic heterocycles. The average Bonchev–Trinajstić information content (AvgIpc) is 2.51. The van der Waals surface area contributed by atoms with Crippen molar-refractivity contribution < 1.29 is 14.7 Å². The number of pyridine rings is 1. The molecule has 23 heavy (non-hydrogen) atoms. The van der Waals surface area contributed by atoms with Gasteiger partial charge < -0.3 is 9.67 Å². The van der Waals surface area contributed by atoms with E-state index in [1.807, 2.05) is 6.92 Å². The van der Waals surface area contributed by atoms with Gasteiger partial charge in [0.05, 0.1) is 6.42 Å². The first kappa shape index (κ1) is 17.0. The summed E-state index contributed by atoms with van der Waals surface area (Å²) in [5.74, 6) is -1.36. The van der Waals surface area contributed by atoms with Crippen LogP contribution in [0, 0.1) is 0 Å². The van der Waals surface area contributed by atoms with E-state index in [0.29, 0.717) is 30.6 Å². The molecule has 2 rings (SSSR count). The summed E-state index contributed by atoms with van der Waals surface area (Å²) in [6, 6.07) is 3.51. The first-order valence-electron chi connectivity index (χ1n) is 7.58. The van der Waals surface area contributed by atoms with Gasteiger partial charge in [0.25, 0.3) is 11.5 Å². The van der Waals surface area contributed by atoms with Gasteiger partial charge in [-0.3, -0.25) is 19.4 Å². The van der Waals surface area contributed by atoms with Crippen LogP contribution in [0.5, 0.6) is 0 Å². The van der Waals surface area contributed by atoms with E-state index in [9.17, 15) is 14.4 Å². The van der Waals surface area contributed by atoms with Gasteiger partial charge in [0.15, 0.2) is 0 Å². The van der Waals surface area contributed by atoms with Crippen molar-refractivity contribution in [3.05, 3.63) is 45.4 Å². The molecule has 0 fully saturated rings. The predicted molar refractivity (Wildman–Crippen MR) is 84.5 cm³/mol. The van der Waals surface area contributed by atoms with Crippen LogP contribution >= 0.6 is 0 Å². The van der Waals surface area contributed by atoms with Crippen LogP contribution in [-0.4, -0.2) is 33.1 Å². The van der Waals surface area contributed by atoms with Crippen molar-refractivity contribution in [2.75, 3.05) is 6.54 Å². The second-order valence-electron chi connectivity index (χ2n) is 5.50. The van der Waals surface area contributed by atoms with Crippen molar-refractivity contribution in [2.24, 2.45) is 0 Å². The van der Waals surface area contributed by atoms with Gasteiger partial charge in [-0.05, 0) is 26.3 Å². The Kier molecular flexibility index (Phi) is 5.33. The minimum atomic E-state index is -1.02. The van der Waals surface area contributed by atoms with Crippen molar-refractivity contribution in [2.45, 2.75) is 39.8 Å². The Morgan fingerprint density at radius 1 is 1.39 bits per heavy atom. The lowest BCUT2D eigenvalue weighted by molar-refractivity contribution is -0.139. The summed E-state index contributed by atoms with van der Waals surface area (Å²) < 4.78 is 1.59. The van der Waals surface area contributed by atoms with Crippen LogP contribution in [0.4, 0.5) is 0 Å². The number of carbonyl (C=O) groups excluding carboxylic acids is 1. The molecule has 0 aliphatic carbocycles. The third-order valence-electron chi connectivity index (χ3n) is 3.96. The highest BCUT2D eigenvalue weighted by Gasteiger charge is 2.26. The van der Waals surface area contributed by atoms with E-state index in [4.69, 9.17) is 5.11 Å². The lowest BCUT2D eigenvalue weighted by Crippen LogP contribution is -2.47. The molecule has 7 nitrogen and oxygen atoms in total. The molecule has 0 saturated carbocycles. The van der Waals surface area contributed by atoms with Gasteiger partial charge in [-0.2, -0.15) is 0 Å². The van der Waals surface area contributed by atoms with E-state index in [2.05, 4.69) is 5.43 Å². The Bertz CT molecular complexity index is 706. The maximum atomic E-state index is 12.4. The topological polar surface area (TPSA) is 91.6 Å². The number of aliphatic carboxylic acids is 1. The number of carboxylic acids is 1. The third kappa shape index (κ3) is 3.87. The Morgan fingerprint density at radius 2 is 2.13 bits per heavy atom. The second kappa shape index (κ2) is 7.23. The molecule has 0 radical (unpaired) electrons. The Hall–Kier alpha value is -2.41. The van der Waals surface area contributed by atoms with Gasteiger partial charge in [-0.25, -0.2) is 5.43 Å². The lowest BCUT2D eigenvalue weighted by Gasteiger charge is -2.29. The molecule has 0 atom stereocenters. The number of carboxylic acid groups (broad SMARTS) is 1. The largest absolute Gasteiger partial charge is 0.481 e. The SMILES string of the molecule is CCn1cccc(CNN2CCC(C)=C(CC(=O)O)C2=O)c1=O. The summed E-state index contributed by atoms with van der Waals surface area (Å²) in [5, 5.41) is 10.3. The van der Waals surface area contributed by atoms with E-state index < -0.39 is 5.97 Å². The van der Waals surface area contributed by atoms with Gasteiger partial charge in [0.2, 0.25) is 0 Å². The van der Waals surface area contributed by atoms with Crippen LogP contribution in [0.25, 0.3) is 0 Å². The molecule has 1 aromatic rings. The molecule has 1 amide bonds. The van der Waals surface area contributed by atoms with Gasteiger partial charge in [0, 0.05) is 37.0 Å². The molecule has 0 spiro atoms. The maximum absolute atomic E-state index is 12.4. The summed E-state index contributed by atoms with van der Waals surface area (Å²) in [4.78, 5) is 35.4. The standard InChI is InChI=1S/C16H21N3O4/c1-3-18-7-4-5-12(15(18)22)10-17-19-8-6-11(2)13(16(19)23)9-14(20)21/h4-5,7,17H,3,6,8-10H2,1-2H3,(H,20,21). The van der Waals surface area contributed by atoms with E-state index in [1.165, 1.54) is 5.01 Å². The van der Waals surface area contributed by atoms with Crippen LogP contribution in [0.15, 0.2) is 34.3 Å². The molecule has 0 bridgehead atoms. The Balaban J connectivity index is 2.09. The minimum Gasteiger partial charge on any atom is -0.481 e. The number of nitrogens with one attached hydrogen (secondary N) is 1. The number of hydrogen-bond donors (Lipinski definition) is 2. The Morgan fingerprint density at radius 3 is 2.78 bits per heavy atom. The van der Waals surface area contributed by atoms with Gasteiger partial charge in [-0.15, -0.1) is 0 Å². The van der Waals surface area contributed by atoms with Crippen molar-refractivity contribution in [3.8, 4) is 0 Å². The van der Waals surface area contributed by atoms with Gasteiger partial charge >= 0.3 is 5.97 Å². The summed E-state index contributed by atoms with van der Waals surface area (Å²) in [6.07, 6.45) is 2.06. The smallest absolute Gasteiger partial charge is 0.308 e. The number of hydrogen-bond acceptors (Lipinski definition) is 4. The molecule has 0 aromatic carbocycles. The number of carbonyl (C=O) groups is 2. The monoisotopic (exact) mass is 319 g/mol. The highest BCUT2D eigenvalue weighted by molar-refractivity contribution is 5.98. The van der Waals surface area contributed by atoms with E-state index >= 15 is 0 Å².